The smallest absolute Gasteiger partial charge is 0.378 e. The Hall–Kier alpha value is -0.330. The van der Waals surface area contributed by atoms with Gasteiger partial charge in [0.25, 0.3) is 0 Å². The molecule has 1 unspecified atom stereocenters. The number of hydrogen-bond donors (Lipinski definition) is 1. The Kier molecular flexibility index (Phi) is 4.82. The van der Waals surface area contributed by atoms with Crippen LogP contribution in [0.25, 0.3) is 0 Å². The first-order valence-electron chi connectivity index (χ1n) is 5.11. The largest absolute Gasteiger partial charge is 0.401 e. The number of alkyl halides is 3. The number of rotatable bonds is 4. The third kappa shape index (κ3) is 5.34. The Morgan fingerprint density at radius 2 is 2.20 bits per heavy atom. The SMILES string of the molecule is CCN(CC1COCCN1)CC(F)(F)F. The molecule has 0 bridgehead atoms. The van der Waals surface area contributed by atoms with Gasteiger partial charge in [0.05, 0.1) is 19.8 Å². The van der Waals surface area contributed by atoms with Crippen molar-refractivity contribution in [1.29, 1.82) is 0 Å². The third-order valence-electron chi connectivity index (χ3n) is 2.33. The van der Waals surface area contributed by atoms with Crippen LogP contribution >= 0.6 is 0 Å². The van der Waals surface area contributed by atoms with Crippen molar-refractivity contribution in [2.45, 2.75) is 19.1 Å². The van der Waals surface area contributed by atoms with Crippen molar-refractivity contribution in [1.82, 2.24) is 10.2 Å². The molecule has 0 radical (unpaired) electrons. The molecular weight excluding hydrogens is 209 g/mol. The van der Waals surface area contributed by atoms with Crippen LogP contribution in [0.4, 0.5) is 13.2 Å². The van der Waals surface area contributed by atoms with Gasteiger partial charge in [0.1, 0.15) is 0 Å². The monoisotopic (exact) mass is 226 g/mol. The maximum atomic E-state index is 12.2. The van der Waals surface area contributed by atoms with Crippen LogP contribution in [0.1, 0.15) is 6.92 Å². The Morgan fingerprint density at radius 1 is 1.47 bits per heavy atom. The topological polar surface area (TPSA) is 24.5 Å². The van der Waals surface area contributed by atoms with Crippen LogP contribution in [0.15, 0.2) is 0 Å². The van der Waals surface area contributed by atoms with Gasteiger partial charge in [0.2, 0.25) is 0 Å². The predicted molar refractivity (Wildman–Crippen MR) is 50.8 cm³/mol. The summed E-state index contributed by atoms with van der Waals surface area (Å²) < 4.78 is 41.6. The summed E-state index contributed by atoms with van der Waals surface area (Å²) in [6, 6.07) is 0.0149. The van der Waals surface area contributed by atoms with E-state index in [1.54, 1.807) is 6.92 Å². The molecule has 0 amide bonds. The molecule has 3 nitrogen and oxygen atoms in total. The average Bonchev–Trinajstić information content (AvgIpc) is 2.16. The van der Waals surface area contributed by atoms with Crippen LogP contribution in [-0.2, 0) is 4.74 Å². The van der Waals surface area contributed by atoms with E-state index in [4.69, 9.17) is 4.74 Å². The summed E-state index contributed by atoms with van der Waals surface area (Å²) in [5.74, 6) is 0. The number of nitrogens with zero attached hydrogens (tertiary/aromatic N) is 1. The van der Waals surface area contributed by atoms with Crippen molar-refractivity contribution in [3.05, 3.63) is 0 Å². The van der Waals surface area contributed by atoms with E-state index in [9.17, 15) is 13.2 Å². The lowest BCUT2D eigenvalue weighted by atomic mass is 10.2. The van der Waals surface area contributed by atoms with Gasteiger partial charge in [-0.2, -0.15) is 13.2 Å². The van der Waals surface area contributed by atoms with E-state index in [1.807, 2.05) is 0 Å². The maximum Gasteiger partial charge on any atom is 0.401 e. The molecule has 1 saturated heterocycles. The summed E-state index contributed by atoms with van der Waals surface area (Å²) in [6.07, 6.45) is -4.12. The quantitative estimate of drug-likeness (QED) is 0.769. The van der Waals surface area contributed by atoms with Gasteiger partial charge in [-0.25, -0.2) is 0 Å². The lowest BCUT2D eigenvalue weighted by Gasteiger charge is -2.30. The van der Waals surface area contributed by atoms with Crippen molar-refractivity contribution in [2.24, 2.45) is 0 Å². The number of ether oxygens (including phenoxy) is 1. The molecule has 0 aliphatic carbocycles. The van der Waals surface area contributed by atoms with Crippen LogP contribution in [0, 0.1) is 0 Å². The minimum Gasteiger partial charge on any atom is -0.378 e. The third-order valence-corrected chi connectivity index (χ3v) is 2.33. The molecule has 0 saturated carbocycles. The first kappa shape index (κ1) is 12.7. The van der Waals surface area contributed by atoms with E-state index in [1.165, 1.54) is 4.90 Å². The second-order valence-electron chi connectivity index (χ2n) is 3.67. The zero-order valence-corrected chi connectivity index (χ0v) is 8.81. The molecule has 1 aliphatic rings. The summed E-state index contributed by atoms with van der Waals surface area (Å²) in [5.41, 5.74) is 0. The van der Waals surface area contributed by atoms with Gasteiger partial charge in [-0.15, -0.1) is 0 Å². The Morgan fingerprint density at radius 3 is 2.67 bits per heavy atom. The average molecular weight is 226 g/mol. The summed E-state index contributed by atoms with van der Waals surface area (Å²) in [7, 11) is 0. The van der Waals surface area contributed by atoms with E-state index < -0.39 is 12.7 Å². The molecule has 1 rings (SSSR count). The number of likely N-dealkylation sites (N-methyl/N-ethyl adjacent to an activating group) is 1. The predicted octanol–water partition coefficient (Wildman–Crippen LogP) is 0.859. The van der Waals surface area contributed by atoms with E-state index in [-0.39, 0.29) is 6.04 Å². The van der Waals surface area contributed by atoms with Gasteiger partial charge >= 0.3 is 6.18 Å². The highest BCUT2D eigenvalue weighted by Gasteiger charge is 2.31. The molecule has 1 N–H and O–H groups in total. The number of hydrogen-bond acceptors (Lipinski definition) is 3. The van der Waals surface area contributed by atoms with Gasteiger partial charge in [0.15, 0.2) is 0 Å². The number of nitrogens with one attached hydrogen (secondary N) is 1. The lowest BCUT2D eigenvalue weighted by Crippen LogP contribution is -2.50. The van der Waals surface area contributed by atoms with Gasteiger partial charge in [-0.3, -0.25) is 4.90 Å². The van der Waals surface area contributed by atoms with E-state index in [0.717, 1.165) is 0 Å². The number of halogens is 3. The van der Waals surface area contributed by atoms with Crippen LogP contribution in [0.2, 0.25) is 0 Å². The summed E-state index contributed by atoms with van der Waals surface area (Å²) in [4.78, 5) is 1.38. The van der Waals surface area contributed by atoms with Crippen molar-refractivity contribution >= 4 is 0 Å². The normalized spacial score (nSPS) is 23.4. The molecule has 0 spiro atoms. The first-order valence-corrected chi connectivity index (χ1v) is 5.11. The Balaban J connectivity index is 2.31. The molecule has 1 fully saturated rings. The van der Waals surface area contributed by atoms with Crippen LogP contribution in [-0.4, -0.2) is 56.5 Å². The van der Waals surface area contributed by atoms with Crippen LogP contribution < -0.4 is 5.32 Å². The number of morpholine rings is 1. The van der Waals surface area contributed by atoms with Gasteiger partial charge in [0, 0.05) is 19.1 Å². The molecule has 0 aromatic heterocycles. The maximum absolute atomic E-state index is 12.2. The second-order valence-corrected chi connectivity index (χ2v) is 3.67. The fourth-order valence-corrected chi connectivity index (χ4v) is 1.61. The lowest BCUT2D eigenvalue weighted by molar-refractivity contribution is -0.146. The van der Waals surface area contributed by atoms with Gasteiger partial charge < -0.3 is 10.1 Å². The summed E-state index contributed by atoms with van der Waals surface area (Å²) in [5, 5.41) is 3.14. The Labute approximate surface area is 87.6 Å². The van der Waals surface area contributed by atoms with Crippen molar-refractivity contribution in [3.63, 3.8) is 0 Å². The standard InChI is InChI=1S/C9H17F3N2O/c1-2-14(7-9(10,11)12)5-8-6-15-4-3-13-8/h8,13H,2-7H2,1H3. The highest BCUT2D eigenvalue weighted by molar-refractivity contribution is 4.75. The van der Waals surface area contributed by atoms with E-state index in [0.29, 0.717) is 32.8 Å². The molecule has 90 valence electrons. The molecule has 1 aliphatic heterocycles. The van der Waals surface area contributed by atoms with E-state index >= 15 is 0 Å². The molecule has 0 aromatic carbocycles. The molecule has 6 heteroatoms. The van der Waals surface area contributed by atoms with E-state index in [2.05, 4.69) is 5.32 Å². The first-order chi connectivity index (χ1) is 7.01. The Bertz CT molecular complexity index is 181. The van der Waals surface area contributed by atoms with Crippen molar-refractivity contribution in [2.75, 3.05) is 39.4 Å². The molecular formula is C9H17F3N2O. The summed E-state index contributed by atoms with van der Waals surface area (Å²) >= 11 is 0. The fraction of sp³-hybridized carbons (Fsp3) is 1.00. The van der Waals surface area contributed by atoms with Gasteiger partial charge in [-0.1, -0.05) is 6.92 Å². The molecule has 15 heavy (non-hydrogen) atoms. The zero-order valence-electron chi connectivity index (χ0n) is 8.81. The van der Waals surface area contributed by atoms with Crippen LogP contribution in [0.5, 0.6) is 0 Å². The van der Waals surface area contributed by atoms with Crippen LogP contribution in [0.3, 0.4) is 0 Å². The zero-order chi connectivity index (χ0) is 11.3. The van der Waals surface area contributed by atoms with Crippen molar-refractivity contribution in [3.8, 4) is 0 Å². The van der Waals surface area contributed by atoms with Crippen molar-refractivity contribution < 1.29 is 17.9 Å². The highest BCUT2D eigenvalue weighted by Crippen LogP contribution is 2.16. The molecule has 1 atom stereocenters. The second kappa shape index (κ2) is 5.67. The summed E-state index contributed by atoms with van der Waals surface area (Å²) in [6.45, 7) is 3.52. The molecule has 0 aromatic rings. The van der Waals surface area contributed by atoms with Gasteiger partial charge in [-0.05, 0) is 6.54 Å². The fourth-order valence-electron chi connectivity index (χ4n) is 1.61. The molecule has 1 heterocycles. The minimum atomic E-state index is -4.12. The highest BCUT2D eigenvalue weighted by atomic mass is 19.4. The minimum absolute atomic E-state index is 0.0149.